The summed E-state index contributed by atoms with van der Waals surface area (Å²) in [7, 11) is -1.99. The van der Waals surface area contributed by atoms with Crippen LogP contribution >= 0.6 is 0 Å². The number of hydrogen-bond donors (Lipinski definition) is 2. The first-order chi connectivity index (χ1) is 8.84. The van der Waals surface area contributed by atoms with Crippen LogP contribution in [0.25, 0.3) is 0 Å². The molecule has 1 fully saturated rings. The maximum atomic E-state index is 11.6. The average molecular weight is 284 g/mol. The fourth-order valence-corrected chi connectivity index (χ4v) is 3.12. The van der Waals surface area contributed by atoms with Gasteiger partial charge in [-0.15, -0.1) is 0 Å². The molecule has 1 aliphatic rings. The molecule has 19 heavy (non-hydrogen) atoms. The van der Waals surface area contributed by atoms with Crippen LogP contribution in [-0.2, 0) is 10.0 Å². The summed E-state index contributed by atoms with van der Waals surface area (Å²) in [6.07, 6.45) is 1.74. The summed E-state index contributed by atoms with van der Waals surface area (Å²) >= 11 is 0. The number of benzene rings is 1. The molecule has 0 amide bonds. The number of nitrogens with one attached hydrogen (secondary N) is 1. The van der Waals surface area contributed by atoms with Gasteiger partial charge in [0.2, 0.25) is 10.0 Å². The lowest BCUT2D eigenvalue weighted by Gasteiger charge is -2.38. The third-order valence-electron chi connectivity index (χ3n) is 3.46. The summed E-state index contributed by atoms with van der Waals surface area (Å²) in [5, 5.41) is 10.1. The Hall–Kier alpha value is -1.11. The molecular formula is C13H20N2O3S. The Kier molecular flexibility index (Phi) is 3.85. The highest BCUT2D eigenvalue weighted by Gasteiger charge is 2.28. The van der Waals surface area contributed by atoms with Crippen molar-refractivity contribution in [2.45, 2.75) is 30.3 Å². The van der Waals surface area contributed by atoms with Crippen LogP contribution in [0.1, 0.15) is 19.8 Å². The van der Waals surface area contributed by atoms with Crippen LogP contribution < -0.4 is 9.62 Å². The van der Waals surface area contributed by atoms with Crippen molar-refractivity contribution in [3.8, 4) is 0 Å². The molecule has 0 spiro atoms. The highest BCUT2D eigenvalue weighted by Crippen LogP contribution is 2.26. The minimum absolute atomic E-state index is 0.252. The molecule has 106 valence electrons. The fourth-order valence-electron chi connectivity index (χ4n) is 2.39. The van der Waals surface area contributed by atoms with E-state index >= 15 is 0 Å². The summed E-state index contributed by atoms with van der Waals surface area (Å²) in [4.78, 5) is 2.33. The summed E-state index contributed by atoms with van der Waals surface area (Å²) in [6.45, 7) is 3.29. The molecule has 2 N–H and O–H groups in total. The van der Waals surface area contributed by atoms with E-state index in [9.17, 15) is 13.5 Å². The fraction of sp³-hybridized carbons (Fsp3) is 0.538. The lowest BCUT2D eigenvalue weighted by molar-refractivity contribution is 0.0449. The van der Waals surface area contributed by atoms with Crippen molar-refractivity contribution in [3.63, 3.8) is 0 Å². The van der Waals surface area contributed by atoms with Crippen molar-refractivity contribution in [1.29, 1.82) is 0 Å². The standard InChI is InChI=1S/C13H20N2O3S/c1-13(16)8-3-9-15(10-13)11-4-6-12(7-5-11)19(17,18)14-2/h4-7,14,16H,3,8-10H2,1-2H3. The molecule has 1 heterocycles. The van der Waals surface area contributed by atoms with Gasteiger partial charge in [0, 0.05) is 18.8 Å². The van der Waals surface area contributed by atoms with E-state index in [0.717, 1.165) is 25.1 Å². The zero-order chi connectivity index (χ0) is 14.1. The van der Waals surface area contributed by atoms with E-state index in [1.54, 1.807) is 24.3 Å². The molecule has 1 aromatic rings. The first kappa shape index (κ1) is 14.3. The van der Waals surface area contributed by atoms with Crippen molar-refractivity contribution in [2.75, 3.05) is 25.0 Å². The van der Waals surface area contributed by atoms with Gasteiger partial charge in [-0.3, -0.25) is 0 Å². The lowest BCUT2D eigenvalue weighted by Crippen LogP contribution is -2.46. The number of β-amino-alcohol motifs (C(OH)–C–C–N with tert-alkyl or cyclic N) is 1. The van der Waals surface area contributed by atoms with E-state index < -0.39 is 15.6 Å². The molecule has 1 saturated heterocycles. The van der Waals surface area contributed by atoms with Gasteiger partial charge < -0.3 is 10.0 Å². The molecular weight excluding hydrogens is 264 g/mol. The number of aliphatic hydroxyl groups is 1. The molecule has 2 rings (SSSR count). The van der Waals surface area contributed by atoms with Gasteiger partial charge >= 0.3 is 0 Å². The molecule has 0 bridgehead atoms. The van der Waals surface area contributed by atoms with Gasteiger partial charge in [-0.25, -0.2) is 13.1 Å². The van der Waals surface area contributed by atoms with Crippen molar-refractivity contribution in [1.82, 2.24) is 4.72 Å². The summed E-state index contributed by atoms with van der Waals surface area (Å²) in [6, 6.07) is 6.74. The second-order valence-electron chi connectivity index (χ2n) is 5.22. The maximum absolute atomic E-state index is 11.6. The Morgan fingerprint density at radius 3 is 2.47 bits per heavy atom. The normalized spacial score (nSPS) is 24.5. The van der Waals surface area contributed by atoms with Gasteiger partial charge in [0.1, 0.15) is 0 Å². The first-order valence-electron chi connectivity index (χ1n) is 6.35. The van der Waals surface area contributed by atoms with E-state index in [1.165, 1.54) is 7.05 Å². The van der Waals surface area contributed by atoms with Gasteiger partial charge in [-0.1, -0.05) is 0 Å². The quantitative estimate of drug-likeness (QED) is 0.867. The Morgan fingerprint density at radius 2 is 1.95 bits per heavy atom. The molecule has 5 nitrogen and oxygen atoms in total. The predicted octanol–water partition coefficient (Wildman–Crippen LogP) is 0.946. The third kappa shape index (κ3) is 3.26. The van der Waals surface area contributed by atoms with Gasteiger partial charge in [0.15, 0.2) is 0 Å². The monoisotopic (exact) mass is 284 g/mol. The largest absolute Gasteiger partial charge is 0.388 e. The molecule has 1 unspecified atom stereocenters. The van der Waals surface area contributed by atoms with Crippen molar-refractivity contribution in [3.05, 3.63) is 24.3 Å². The average Bonchev–Trinajstić information content (AvgIpc) is 2.38. The number of hydrogen-bond acceptors (Lipinski definition) is 4. The SMILES string of the molecule is CNS(=O)(=O)c1ccc(N2CCCC(C)(O)C2)cc1. The molecule has 1 aliphatic heterocycles. The number of anilines is 1. The van der Waals surface area contributed by atoms with Crippen molar-refractivity contribution in [2.24, 2.45) is 0 Å². The van der Waals surface area contributed by atoms with E-state index in [1.807, 2.05) is 6.92 Å². The van der Waals surface area contributed by atoms with Crippen LogP contribution in [0.5, 0.6) is 0 Å². The zero-order valence-electron chi connectivity index (χ0n) is 11.3. The van der Waals surface area contributed by atoms with Crippen LogP contribution in [-0.4, -0.2) is 39.3 Å². The summed E-state index contributed by atoms with van der Waals surface area (Å²) in [5.41, 5.74) is 0.267. The first-order valence-corrected chi connectivity index (χ1v) is 7.83. The molecule has 1 atom stereocenters. The van der Waals surface area contributed by atoms with Crippen LogP contribution in [0, 0.1) is 0 Å². The number of piperidine rings is 1. The van der Waals surface area contributed by atoms with Crippen LogP contribution in [0.15, 0.2) is 29.2 Å². The Balaban J connectivity index is 2.19. The smallest absolute Gasteiger partial charge is 0.240 e. The minimum Gasteiger partial charge on any atom is -0.388 e. The third-order valence-corrected chi connectivity index (χ3v) is 4.89. The lowest BCUT2D eigenvalue weighted by atomic mass is 9.95. The zero-order valence-corrected chi connectivity index (χ0v) is 12.1. The predicted molar refractivity (Wildman–Crippen MR) is 74.8 cm³/mol. The van der Waals surface area contributed by atoms with Gasteiger partial charge in [0.25, 0.3) is 0 Å². The van der Waals surface area contributed by atoms with Gasteiger partial charge in [0.05, 0.1) is 10.5 Å². The second kappa shape index (κ2) is 5.11. The van der Waals surface area contributed by atoms with E-state index in [4.69, 9.17) is 0 Å². The molecule has 1 aromatic carbocycles. The molecule has 0 aromatic heterocycles. The van der Waals surface area contributed by atoms with Crippen LogP contribution in [0.4, 0.5) is 5.69 Å². The van der Waals surface area contributed by atoms with Gasteiger partial charge in [-0.05, 0) is 51.1 Å². The van der Waals surface area contributed by atoms with Crippen LogP contribution in [0.3, 0.4) is 0 Å². The molecule has 0 aliphatic carbocycles. The van der Waals surface area contributed by atoms with E-state index in [2.05, 4.69) is 9.62 Å². The maximum Gasteiger partial charge on any atom is 0.240 e. The summed E-state index contributed by atoms with van der Waals surface area (Å²) < 4.78 is 25.5. The van der Waals surface area contributed by atoms with Gasteiger partial charge in [-0.2, -0.15) is 0 Å². The Labute approximate surface area is 114 Å². The van der Waals surface area contributed by atoms with E-state index in [0.29, 0.717) is 6.54 Å². The molecule has 0 radical (unpaired) electrons. The van der Waals surface area contributed by atoms with Crippen molar-refractivity contribution >= 4 is 15.7 Å². The van der Waals surface area contributed by atoms with Crippen LogP contribution in [0.2, 0.25) is 0 Å². The number of sulfonamides is 1. The molecule has 6 heteroatoms. The minimum atomic E-state index is -3.39. The Bertz CT molecular complexity index is 538. The number of rotatable bonds is 3. The Morgan fingerprint density at radius 1 is 1.32 bits per heavy atom. The highest BCUT2D eigenvalue weighted by atomic mass is 32.2. The van der Waals surface area contributed by atoms with E-state index in [-0.39, 0.29) is 4.90 Å². The topological polar surface area (TPSA) is 69.6 Å². The molecule has 0 saturated carbocycles. The second-order valence-corrected chi connectivity index (χ2v) is 7.11. The van der Waals surface area contributed by atoms with Crippen molar-refractivity contribution < 1.29 is 13.5 Å². The number of nitrogens with zero attached hydrogens (tertiary/aromatic N) is 1. The highest BCUT2D eigenvalue weighted by molar-refractivity contribution is 7.89. The summed E-state index contributed by atoms with van der Waals surface area (Å²) in [5.74, 6) is 0.